The maximum Gasteiger partial charge on any atom is 0.175 e. The number of nitrogens with one attached hydrogen (secondary N) is 1. The fourth-order valence-electron chi connectivity index (χ4n) is 2.52. The summed E-state index contributed by atoms with van der Waals surface area (Å²) in [5, 5.41) is 3.46. The van der Waals surface area contributed by atoms with E-state index in [-0.39, 0.29) is 6.10 Å². The molecule has 4 nitrogen and oxygen atoms in total. The van der Waals surface area contributed by atoms with Crippen LogP contribution < -0.4 is 14.8 Å². The van der Waals surface area contributed by atoms with Gasteiger partial charge in [-0.1, -0.05) is 0 Å². The van der Waals surface area contributed by atoms with Gasteiger partial charge in [0.15, 0.2) is 11.5 Å². The maximum atomic E-state index is 5.86. The minimum absolute atomic E-state index is 0.110. The van der Waals surface area contributed by atoms with Crippen molar-refractivity contribution < 1.29 is 14.2 Å². The molecule has 0 unspecified atom stereocenters. The first kappa shape index (κ1) is 17.6. The van der Waals surface area contributed by atoms with Gasteiger partial charge in [-0.25, -0.2) is 0 Å². The van der Waals surface area contributed by atoms with Crippen molar-refractivity contribution in [1.82, 2.24) is 5.32 Å². The summed E-state index contributed by atoms with van der Waals surface area (Å²) in [6.45, 7) is 9.21. The molecule has 1 aliphatic heterocycles. The average molecular weight is 372 g/mol. The van der Waals surface area contributed by atoms with Crippen LogP contribution in [0.15, 0.2) is 16.6 Å². The van der Waals surface area contributed by atoms with Crippen molar-refractivity contribution in [2.45, 2.75) is 52.4 Å². The van der Waals surface area contributed by atoms with E-state index in [1.165, 1.54) is 12.0 Å². The van der Waals surface area contributed by atoms with Crippen LogP contribution in [0, 0.1) is 0 Å². The Morgan fingerprint density at radius 2 is 2.23 bits per heavy atom. The second-order valence-corrected chi connectivity index (χ2v) is 6.62. The van der Waals surface area contributed by atoms with Gasteiger partial charge in [-0.15, -0.1) is 0 Å². The van der Waals surface area contributed by atoms with E-state index in [9.17, 15) is 0 Å². The summed E-state index contributed by atoms with van der Waals surface area (Å²) < 4.78 is 18.1. The normalized spacial score (nSPS) is 18.0. The molecule has 0 spiro atoms. The zero-order chi connectivity index (χ0) is 15.9. The van der Waals surface area contributed by atoms with Crippen LogP contribution in [0.2, 0.25) is 0 Å². The number of ether oxygens (including phenoxy) is 3. The summed E-state index contributed by atoms with van der Waals surface area (Å²) in [5.74, 6) is 1.57. The third-order valence-corrected chi connectivity index (χ3v) is 4.04. The molecule has 0 bridgehead atoms. The van der Waals surface area contributed by atoms with E-state index in [0.29, 0.717) is 12.7 Å². The fourth-order valence-corrected chi connectivity index (χ4v) is 3.10. The Labute approximate surface area is 141 Å². The molecule has 2 rings (SSSR count). The molecule has 1 aliphatic rings. The van der Waals surface area contributed by atoms with Crippen LogP contribution >= 0.6 is 15.9 Å². The Balaban J connectivity index is 2.01. The molecule has 124 valence electrons. The fraction of sp³-hybridized carbons (Fsp3) is 0.647. The van der Waals surface area contributed by atoms with E-state index in [2.05, 4.69) is 33.4 Å². The smallest absolute Gasteiger partial charge is 0.175 e. The van der Waals surface area contributed by atoms with Gasteiger partial charge in [0.25, 0.3) is 0 Å². The van der Waals surface area contributed by atoms with Crippen molar-refractivity contribution in [3.63, 3.8) is 0 Å². The zero-order valence-corrected chi connectivity index (χ0v) is 15.2. The summed E-state index contributed by atoms with van der Waals surface area (Å²) in [7, 11) is 0. The van der Waals surface area contributed by atoms with E-state index < -0.39 is 0 Å². The molecule has 1 N–H and O–H groups in total. The molecule has 0 radical (unpaired) electrons. The third-order valence-electron chi connectivity index (χ3n) is 3.45. The lowest BCUT2D eigenvalue weighted by atomic mass is 10.2. The monoisotopic (exact) mass is 371 g/mol. The molecule has 0 aromatic heterocycles. The van der Waals surface area contributed by atoms with E-state index in [0.717, 1.165) is 42.1 Å². The average Bonchev–Trinajstić information content (AvgIpc) is 2.96. The number of halogens is 1. The van der Waals surface area contributed by atoms with Gasteiger partial charge in [0, 0.05) is 19.7 Å². The Hall–Kier alpha value is -0.780. The molecule has 0 amide bonds. The third kappa shape index (κ3) is 5.14. The number of rotatable bonds is 8. The standard InChI is InChI=1S/C17H26BrNO3/c1-4-20-16-9-13(8-15(18)17(16)22-12(2)3)10-19-11-14-6-5-7-21-14/h8-9,12,14,19H,4-7,10-11H2,1-3H3/t14-/m0/s1. The Kier molecular flexibility index (Phi) is 6.99. The van der Waals surface area contributed by atoms with Crippen molar-refractivity contribution in [2.24, 2.45) is 0 Å². The first-order valence-electron chi connectivity index (χ1n) is 8.04. The molecule has 0 aliphatic carbocycles. The summed E-state index contributed by atoms with van der Waals surface area (Å²) in [6, 6.07) is 4.14. The van der Waals surface area contributed by atoms with Gasteiger partial charge < -0.3 is 19.5 Å². The summed E-state index contributed by atoms with van der Waals surface area (Å²) in [4.78, 5) is 0. The van der Waals surface area contributed by atoms with Gasteiger partial charge >= 0.3 is 0 Å². The molecule has 5 heteroatoms. The van der Waals surface area contributed by atoms with Crippen LogP contribution in [0.5, 0.6) is 11.5 Å². The van der Waals surface area contributed by atoms with Crippen molar-refractivity contribution in [2.75, 3.05) is 19.8 Å². The predicted octanol–water partition coefficient (Wildman–Crippen LogP) is 3.90. The van der Waals surface area contributed by atoms with E-state index in [1.54, 1.807) is 0 Å². The Morgan fingerprint density at radius 1 is 1.41 bits per heavy atom. The van der Waals surface area contributed by atoms with Gasteiger partial charge in [0.2, 0.25) is 0 Å². The van der Waals surface area contributed by atoms with E-state index >= 15 is 0 Å². The minimum Gasteiger partial charge on any atom is -0.490 e. The van der Waals surface area contributed by atoms with Crippen LogP contribution in [0.1, 0.15) is 39.2 Å². The Bertz CT molecular complexity index is 473. The molecule has 22 heavy (non-hydrogen) atoms. The lowest BCUT2D eigenvalue weighted by Gasteiger charge is -2.18. The van der Waals surface area contributed by atoms with Crippen LogP contribution in [0.4, 0.5) is 0 Å². The molecular weight excluding hydrogens is 346 g/mol. The van der Waals surface area contributed by atoms with Crippen molar-refractivity contribution in [3.8, 4) is 11.5 Å². The topological polar surface area (TPSA) is 39.7 Å². The first-order valence-corrected chi connectivity index (χ1v) is 8.83. The highest BCUT2D eigenvalue weighted by Crippen LogP contribution is 2.37. The number of benzene rings is 1. The van der Waals surface area contributed by atoms with E-state index in [4.69, 9.17) is 14.2 Å². The minimum atomic E-state index is 0.110. The zero-order valence-electron chi connectivity index (χ0n) is 13.7. The van der Waals surface area contributed by atoms with Crippen LogP contribution in [-0.2, 0) is 11.3 Å². The largest absolute Gasteiger partial charge is 0.490 e. The quantitative estimate of drug-likeness (QED) is 0.751. The van der Waals surface area contributed by atoms with Crippen LogP contribution in [0.3, 0.4) is 0 Å². The summed E-state index contributed by atoms with van der Waals surface area (Å²) >= 11 is 3.60. The van der Waals surface area contributed by atoms with Gasteiger partial charge in [0.05, 0.1) is 23.3 Å². The lowest BCUT2D eigenvalue weighted by molar-refractivity contribution is 0.110. The van der Waals surface area contributed by atoms with Crippen molar-refractivity contribution >= 4 is 15.9 Å². The molecule has 1 atom stereocenters. The molecule has 1 aromatic carbocycles. The summed E-state index contributed by atoms with van der Waals surface area (Å²) in [6.07, 6.45) is 2.80. The van der Waals surface area contributed by atoms with Gasteiger partial charge in [0.1, 0.15) is 0 Å². The van der Waals surface area contributed by atoms with Gasteiger partial charge in [-0.3, -0.25) is 0 Å². The molecule has 0 saturated carbocycles. The van der Waals surface area contributed by atoms with E-state index in [1.807, 2.05) is 20.8 Å². The van der Waals surface area contributed by atoms with Crippen molar-refractivity contribution in [3.05, 3.63) is 22.2 Å². The number of hydrogen-bond acceptors (Lipinski definition) is 4. The van der Waals surface area contributed by atoms with Crippen molar-refractivity contribution in [1.29, 1.82) is 0 Å². The second kappa shape index (κ2) is 8.75. The number of hydrogen-bond donors (Lipinski definition) is 1. The molecule has 1 aromatic rings. The van der Waals surface area contributed by atoms with Crippen LogP contribution in [0.25, 0.3) is 0 Å². The first-order chi connectivity index (χ1) is 10.6. The van der Waals surface area contributed by atoms with Gasteiger partial charge in [-0.05, 0) is 67.2 Å². The SMILES string of the molecule is CCOc1cc(CNC[C@@H]2CCCO2)cc(Br)c1OC(C)C. The second-order valence-electron chi connectivity index (χ2n) is 5.77. The highest BCUT2D eigenvalue weighted by atomic mass is 79.9. The highest BCUT2D eigenvalue weighted by Gasteiger charge is 2.16. The summed E-state index contributed by atoms with van der Waals surface area (Å²) in [5.41, 5.74) is 1.17. The Morgan fingerprint density at radius 3 is 2.86 bits per heavy atom. The molecule has 1 saturated heterocycles. The molecule has 1 fully saturated rings. The predicted molar refractivity (Wildman–Crippen MR) is 91.8 cm³/mol. The van der Waals surface area contributed by atoms with Crippen LogP contribution in [-0.4, -0.2) is 32.0 Å². The molecule has 1 heterocycles. The van der Waals surface area contributed by atoms with Gasteiger partial charge in [-0.2, -0.15) is 0 Å². The molecular formula is C17H26BrNO3. The lowest BCUT2D eigenvalue weighted by Crippen LogP contribution is -2.25. The maximum absolute atomic E-state index is 5.86. The highest BCUT2D eigenvalue weighted by molar-refractivity contribution is 9.10.